The minimum absolute atomic E-state index is 0.0350. The van der Waals surface area contributed by atoms with Crippen LogP contribution in [-0.4, -0.2) is 0 Å². The van der Waals surface area contributed by atoms with E-state index in [1.165, 1.54) is 75.5 Å². The molecule has 1 nitrogen and oxygen atoms in total. The minimum Gasteiger partial charge on any atom is -0.310 e. The average Bonchev–Trinajstić information content (AvgIpc) is 3.65. The summed E-state index contributed by atoms with van der Waals surface area (Å²) in [5.41, 5.74) is 13.6. The van der Waals surface area contributed by atoms with Crippen molar-refractivity contribution in [2.24, 2.45) is 0 Å². The molecule has 10 rings (SSSR count). The van der Waals surface area contributed by atoms with Crippen LogP contribution >= 0.6 is 11.3 Å². The van der Waals surface area contributed by atoms with Gasteiger partial charge in [0.15, 0.2) is 0 Å². The molecule has 1 aliphatic rings. The highest BCUT2D eigenvalue weighted by Crippen LogP contribution is 2.50. The number of thiophene rings is 1. The first kappa shape index (κ1) is 29.9. The van der Waals surface area contributed by atoms with Crippen LogP contribution in [0, 0.1) is 0 Å². The van der Waals surface area contributed by atoms with Crippen molar-refractivity contribution < 1.29 is 0 Å². The number of hydrogen-bond acceptors (Lipinski definition) is 2. The third kappa shape index (κ3) is 4.90. The Labute approximate surface area is 302 Å². The van der Waals surface area contributed by atoms with Crippen LogP contribution < -0.4 is 4.90 Å². The van der Waals surface area contributed by atoms with Gasteiger partial charge in [-0.15, -0.1) is 11.3 Å². The Morgan fingerprint density at radius 3 is 1.94 bits per heavy atom. The van der Waals surface area contributed by atoms with E-state index in [0.717, 1.165) is 17.1 Å². The van der Waals surface area contributed by atoms with Crippen LogP contribution in [0.2, 0.25) is 0 Å². The van der Waals surface area contributed by atoms with Crippen LogP contribution in [0.3, 0.4) is 0 Å². The maximum atomic E-state index is 2.41. The van der Waals surface area contributed by atoms with Gasteiger partial charge in [0, 0.05) is 42.6 Å². The van der Waals surface area contributed by atoms with Crippen molar-refractivity contribution in [2.45, 2.75) is 19.3 Å². The van der Waals surface area contributed by atoms with Gasteiger partial charge in [0.1, 0.15) is 0 Å². The van der Waals surface area contributed by atoms with Gasteiger partial charge in [-0.1, -0.05) is 129 Å². The maximum absolute atomic E-state index is 2.41. The predicted molar refractivity (Wildman–Crippen MR) is 220 cm³/mol. The van der Waals surface area contributed by atoms with Crippen molar-refractivity contribution in [3.8, 4) is 33.4 Å². The number of hydrogen-bond donors (Lipinski definition) is 0. The second kappa shape index (κ2) is 11.6. The van der Waals surface area contributed by atoms with Crippen molar-refractivity contribution in [1.29, 1.82) is 0 Å². The zero-order valence-corrected chi connectivity index (χ0v) is 29.4. The molecule has 51 heavy (non-hydrogen) atoms. The SMILES string of the molecule is CC1(C)c2ccccc2-c2cc(N(c3ccc(-c4ccc5cc6c(cc5c4)sc4ccccc46)cc3)c3cccc(-c4ccccc4)c3)ccc21. The molecule has 0 saturated carbocycles. The molecule has 0 unspecified atom stereocenters. The highest BCUT2D eigenvalue weighted by molar-refractivity contribution is 7.25. The molecule has 0 atom stereocenters. The highest BCUT2D eigenvalue weighted by Gasteiger charge is 2.35. The Kier molecular flexibility index (Phi) is 6.78. The fourth-order valence-corrected chi connectivity index (χ4v) is 9.34. The number of benzene rings is 8. The Morgan fingerprint density at radius 2 is 1.06 bits per heavy atom. The van der Waals surface area contributed by atoms with Gasteiger partial charge in [0.05, 0.1) is 0 Å². The summed E-state index contributed by atoms with van der Waals surface area (Å²) in [6, 6.07) is 64.9. The second-order valence-electron chi connectivity index (χ2n) is 14.2. The van der Waals surface area contributed by atoms with Crippen LogP contribution in [-0.2, 0) is 5.41 Å². The van der Waals surface area contributed by atoms with E-state index in [1.54, 1.807) is 0 Å². The van der Waals surface area contributed by atoms with Gasteiger partial charge in [0.25, 0.3) is 0 Å². The molecule has 0 aliphatic heterocycles. The average molecular weight is 670 g/mol. The molecule has 0 bridgehead atoms. The Hall–Kier alpha value is -5.96. The fraction of sp³-hybridized carbons (Fsp3) is 0.0612. The van der Waals surface area contributed by atoms with E-state index in [0.29, 0.717) is 0 Å². The van der Waals surface area contributed by atoms with Crippen LogP contribution in [0.25, 0.3) is 64.3 Å². The summed E-state index contributed by atoms with van der Waals surface area (Å²) >= 11 is 1.88. The first-order chi connectivity index (χ1) is 25.0. The van der Waals surface area contributed by atoms with E-state index in [2.05, 4.69) is 195 Å². The number of nitrogens with zero attached hydrogens (tertiary/aromatic N) is 1. The Bertz CT molecular complexity index is 2770. The van der Waals surface area contributed by atoms with Gasteiger partial charge in [-0.2, -0.15) is 0 Å². The third-order valence-electron chi connectivity index (χ3n) is 10.8. The molecule has 8 aromatic carbocycles. The quantitative estimate of drug-likeness (QED) is 0.176. The first-order valence-corrected chi connectivity index (χ1v) is 18.5. The zero-order valence-electron chi connectivity index (χ0n) is 28.6. The van der Waals surface area contributed by atoms with Crippen LogP contribution in [0.15, 0.2) is 176 Å². The molecule has 1 aromatic heterocycles. The summed E-state index contributed by atoms with van der Waals surface area (Å²) in [5, 5.41) is 5.23. The van der Waals surface area contributed by atoms with Gasteiger partial charge >= 0.3 is 0 Å². The van der Waals surface area contributed by atoms with E-state index in [9.17, 15) is 0 Å². The maximum Gasteiger partial charge on any atom is 0.0468 e. The van der Waals surface area contributed by atoms with Gasteiger partial charge in [-0.05, 0) is 116 Å². The van der Waals surface area contributed by atoms with Crippen LogP contribution in [0.4, 0.5) is 17.1 Å². The highest BCUT2D eigenvalue weighted by atomic mass is 32.1. The molecule has 0 N–H and O–H groups in total. The smallest absolute Gasteiger partial charge is 0.0468 e. The molecule has 0 spiro atoms. The standard InChI is InChI=1S/C49H35NS/c1-49(2)45-17-8-6-15-41(45)43-31-40(25-26-46(43)49)50(39-14-10-13-34(28-39)32-11-4-3-5-12-32)38-23-21-33(22-24-38)35-19-20-36-29-44-42-16-7-9-18-47(42)51-48(44)30-37(36)27-35/h3-31H,1-2H3. The number of anilines is 3. The molecular weight excluding hydrogens is 635 g/mol. The summed E-state index contributed by atoms with van der Waals surface area (Å²) in [7, 11) is 0. The lowest BCUT2D eigenvalue weighted by Crippen LogP contribution is -2.15. The zero-order chi connectivity index (χ0) is 34.1. The Balaban J connectivity index is 1.08. The molecule has 0 radical (unpaired) electrons. The second-order valence-corrected chi connectivity index (χ2v) is 15.3. The molecule has 0 fully saturated rings. The van der Waals surface area contributed by atoms with Gasteiger partial charge in [-0.25, -0.2) is 0 Å². The van der Waals surface area contributed by atoms with Gasteiger partial charge in [0.2, 0.25) is 0 Å². The fourth-order valence-electron chi connectivity index (χ4n) is 8.20. The molecule has 1 heterocycles. The van der Waals surface area contributed by atoms with E-state index in [-0.39, 0.29) is 5.41 Å². The molecule has 1 aliphatic carbocycles. The third-order valence-corrected chi connectivity index (χ3v) is 12.0. The molecule has 2 heteroatoms. The Morgan fingerprint density at radius 1 is 0.392 bits per heavy atom. The van der Waals surface area contributed by atoms with Crippen LogP contribution in [0.1, 0.15) is 25.0 Å². The lowest BCUT2D eigenvalue weighted by molar-refractivity contribution is 0.660. The minimum atomic E-state index is -0.0350. The molecule has 0 saturated heterocycles. The monoisotopic (exact) mass is 669 g/mol. The van der Waals surface area contributed by atoms with Crippen molar-refractivity contribution in [1.82, 2.24) is 0 Å². The van der Waals surface area contributed by atoms with Gasteiger partial charge in [-0.3, -0.25) is 0 Å². The predicted octanol–water partition coefficient (Wildman–Crippen LogP) is 14.3. The summed E-state index contributed by atoms with van der Waals surface area (Å²) < 4.78 is 2.68. The number of rotatable bonds is 5. The summed E-state index contributed by atoms with van der Waals surface area (Å²) in [6.45, 7) is 4.68. The van der Waals surface area contributed by atoms with Crippen molar-refractivity contribution >= 4 is 59.3 Å². The lowest BCUT2D eigenvalue weighted by Gasteiger charge is -2.28. The summed E-state index contributed by atoms with van der Waals surface area (Å²) in [4.78, 5) is 2.41. The van der Waals surface area contributed by atoms with E-state index in [4.69, 9.17) is 0 Å². The van der Waals surface area contributed by atoms with Crippen molar-refractivity contribution in [2.75, 3.05) is 4.90 Å². The van der Waals surface area contributed by atoms with E-state index in [1.807, 2.05) is 11.3 Å². The molecule has 0 amide bonds. The van der Waals surface area contributed by atoms with E-state index < -0.39 is 0 Å². The van der Waals surface area contributed by atoms with Gasteiger partial charge < -0.3 is 4.90 Å². The topological polar surface area (TPSA) is 3.24 Å². The summed E-state index contributed by atoms with van der Waals surface area (Å²) in [5.74, 6) is 0. The van der Waals surface area contributed by atoms with Crippen molar-refractivity contribution in [3.63, 3.8) is 0 Å². The lowest BCUT2D eigenvalue weighted by atomic mass is 9.82. The summed E-state index contributed by atoms with van der Waals surface area (Å²) in [6.07, 6.45) is 0. The van der Waals surface area contributed by atoms with Crippen molar-refractivity contribution in [3.05, 3.63) is 187 Å². The normalized spacial score (nSPS) is 13.1. The number of fused-ring (bicyclic) bond motifs is 7. The van der Waals surface area contributed by atoms with Crippen LogP contribution in [0.5, 0.6) is 0 Å². The van der Waals surface area contributed by atoms with E-state index >= 15 is 0 Å². The largest absolute Gasteiger partial charge is 0.310 e. The molecule has 9 aromatic rings. The molecule has 242 valence electrons. The molecular formula is C49H35NS. The first-order valence-electron chi connectivity index (χ1n) is 17.7.